The van der Waals surface area contributed by atoms with E-state index in [0.29, 0.717) is 11.6 Å². The molecule has 34 heavy (non-hydrogen) atoms. The van der Waals surface area contributed by atoms with Gasteiger partial charge in [-0.05, 0) is 53.6 Å². The lowest BCUT2D eigenvalue weighted by atomic mass is 10.1. The van der Waals surface area contributed by atoms with Crippen molar-refractivity contribution in [3.63, 3.8) is 0 Å². The average Bonchev–Trinajstić information content (AvgIpc) is 3.24. The predicted octanol–water partition coefficient (Wildman–Crippen LogP) is 8.49. The average molecular weight is 484 g/mol. The third-order valence-corrected chi connectivity index (χ3v) is 7.02. The van der Waals surface area contributed by atoms with Crippen LogP contribution in [0.25, 0.3) is 20.5 Å². The molecule has 0 bridgehead atoms. The van der Waals surface area contributed by atoms with Crippen LogP contribution in [0, 0.1) is 0 Å². The molecule has 0 atom stereocenters. The van der Waals surface area contributed by atoms with Crippen LogP contribution < -0.4 is 9.64 Å². The van der Waals surface area contributed by atoms with Gasteiger partial charge in [0.25, 0.3) is 0 Å². The maximum absolute atomic E-state index is 13.0. The van der Waals surface area contributed by atoms with Crippen molar-refractivity contribution in [2.24, 2.45) is 0 Å². The molecule has 5 rings (SSSR count). The Morgan fingerprint density at radius 3 is 2.24 bits per heavy atom. The largest absolute Gasteiger partial charge is 0.489 e. The van der Waals surface area contributed by atoms with Crippen LogP contribution in [0.3, 0.4) is 0 Å². The molecule has 1 aromatic heterocycles. The van der Waals surface area contributed by atoms with Crippen molar-refractivity contribution in [1.29, 1.82) is 0 Å². The van der Waals surface area contributed by atoms with E-state index in [1.807, 2.05) is 91.0 Å². The molecule has 0 saturated heterocycles. The van der Waals surface area contributed by atoms with E-state index in [9.17, 15) is 4.79 Å². The van der Waals surface area contributed by atoms with Crippen LogP contribution in [0.1, 0.15) is 12.5 Å². The van der Waals surface area contributed by atoms with Crippen LogP contribution in [0.4, 0.5) is 11.4 Å². The number of rotatable bonds is 6. The Morgan fingerprint density at radius 1 is 0.853 bits per heavy atom. The van der Waals surface area contributed by atoms with Crippen molar-refractivity contribution >= 4 is 50.3 Å². The van der Waals surface area contributed by atoms with E-state index >= 15 is 0 Å². The van der Waals surface area contributed by atoms with Crippen LogP contribution in [-0.4, -0.2) is 5.91 Å². The molecular weight excluding hydrogens is 462 g/mol. The second kappa shape index (κ2) is 9.72. The topological polar surface area (TPSA) is 29.5 Å². The number of ether oxygens (including phenoxy) is 1. The molecule has 0 radical (unpaired) electrons. The summed E-state index contributed by atoms with van der Waals surface area (Å²) < 4.78 is 7.06. The highest BCUT2D eigenvalue weighted by atomic mass is 35.5. The molecule has 0 unspecified atom stereocenters. The summed E-state index contributed by atoms with van der Waals surface area (Å²) in [7, 11) is 0. The minimum Gasteiger partial charge on any atom is -0.489 e. The number of hydrogen-bond acceptors (Lipinski definition) is 3. The van der Waals surface area contributed by atoms with Gasteiger partial charge >= 0.3 is 0 Å². The van der Waals surface area contributed by atoms with E-state index in [2.05, 4.69) is 12.1 Å². The smallest absolute Gasteiger partial charge is 0.228 e. The van der Waals surface area contributed by atoms with Crippen molar-refractivity contribution in [2.75, 3.05) is 4.90 Å². The SMILES string of the molecule is CC(=O)N(c1ccc(OCc2ccccc2)cc1)c1c(-c2ccc(Cl)cc2)sc2ccccc12. The molecule has 0 aliphatic heterocycles. The first kappa shape index (κ1) is 22.2. The van der Waals surface area contributed by atoms with Gasteiger partial charge in [-0.15, -0.1) is 11.3 Å². The normalized spacial score (nSPS) is 10.9. The fourth-order valence-corrected chi connectivity index (χ4v) is 5.27. The number of halogens is 1. The second-order valence-electron chi connectivity index (χ2n) is 7.91. The van der Waals surface area contributed by atoms with E-state index in [1.165, 1.54) is 0 Å². The predicted molar refractivity (Wildman–Crippen MR) is 142 cm³/mol. The van der Waals surface area contributed by atoms with Gasteiger partial charge in [-0.3, -0.25) is 9.69 Å². The number of thiophene rings is 1. The Kier molecular flexibility index (Phi) is 6.35. The van der Waals surface area contributed by atoms with Crippen molar-refractivity contribution in [3.05, 3.63) is 114 Å². The molecule has 0 saturated carbocycles. The fourth-order valence-electron chi connectivity index (χ4n) is 3.95. The van der Waals surface area contributed by atoms with Gasteiger partial charge in [0.2, 0.25) is 5.91 Å². The summed E-state index contributed by atoms with van der Waals surface area (Å²) in [5.41, 5.74) is 3.80. The summed E-state index contributed by atoms with van der Waals surface area (Å²) in [6, 6.07) is 33.6. The van der Waals surface area contributed by atoms with Gasteiger partial charge in [-0.2, -0.15) is 0 Å². The Labute approximate surface area is 207 Å². The first-order valence-corrected chi connectivity index (χ1v) is 12.1. The van der Waals surface area contributed by atoms with E-state index < -0.39 is 0 Å². The molecule has 0 aliphatic carbocycles. The molecule has 1 amide bonds. The zero-order valence-corrected chi connectivity index (χ0v) is 20.1. The van der Waals surface area contributed by atoms with Gasteiger partial charge in [0.15, 0.2) is 0 Å². The molecule has 4 aromatic carbocycles. The summed E-state index contributed by atoms with van der Waals surface area (Å²) in [6.45, 7) is 2.09. The molecular formula is C29H22ClNO2S. The van der Waals surface area contributed by atoms with Gasteiger partial charge < -0.3 is 4.74 Å². The van der Waals surface area contributed by atoms with E-state index in [-0.39, 0.29) is 5.91 Å². The number of carbonyl (C=O) groups excluding carboxylic acids is 1. The van der Waals surface area contributed by atoms with E-state index in [4.69, 9.17) is 16.3 Å². The third kappa shape index (κ3) is 4.56. The Morgan fingerprint density at radius 2 is 1.53 bits per heavy atom. The van der Waals surface area contributed by atoms with Crippen molar-refractivity contribution in [1.82, 2.24) is 0 Å². The van der Waals surface area contributed by atoms with Crippen molar-refractivity contribution < 1.29 is 9.53 Å². The standard InChI is InChI=1S/C29H22ClNO2S/c1-20(32)31(24-15-17-25(18-16-24)33-19-21-7-3-2-4-8-21)28-26-9-5-6-10-27(26)34-29(28)22-11-13-23(30)14-12-22/h2-18H,19H2,1H3. The first-order valence-electron chi connectivity index (χ1n) is 10.9. The van der Waals surface area contributed by atoms with Crippen molar-refractivity contribution in [3.8, 4) is 16.2 Å². The molecule has 168 valence electrons. The minimum atomic E-state index is -0.0586. The number of carbonyl (C=O) groups is 1. The molecule has 0 aliphatic rings. The quantitative estimate of drug-likeness (QED) is 0.242. The van der Waals surface area contributed by atoms with Gasteiger partial charge in [0.1, 0.15) is 12.4 Å². The lowest BCUT2D eigenvalue weighted by molar-refractivity contribution is -0.115. The molecule has 0 N–H and O–H groups in total. The minimum absolute atomic E-state index is 0.0586. The summed E-state index contributed by atoms with van der Waals surface area (Å²) in [6.07, 6.45) is 0. The summed E-state index contributed by atoms with van der Waals surface area (Å²) in [5.74, 6) is 0.695. The lowest BCUT2D eigenvalue weighted by Gasteiger charge is -2.23. The van der Waals surface area contributed by atoms with Crippen LogP contribution >= 0.6 is 22.9 Å². The van der Waals surface area contributed by atoms with Gasteiger partial charge in [0, 0.05) is 27.7 Å². The highest BCUT2D eigenvalue weighted by Crippen LogP contribution is 2.47. The number of amides is 1. The summed E-state index contributed by atoms with van der Waals surface area (Å²) in [5, 5.41) is 1.72. The Hall–Kier alpha value is -3.60. The van der Waals surface area contributed by atoms with Gasteiger partial charge in [0.05, 0.1) is 10.6 Å². The number of benzene rings is 4. The van der Waals surface area contributed by atoms with Gasteiger partial charge in [-0.1, -0.05) is 72.3 Å². The lowest BCUT2D eigenvalue weighted by Crippen LogP contribution is -2.23. The second-order valence-corrected chi connectivity index (χ2v) is 9.39. The fraction of sp³-hybridized carbons (Fsp3) is 0.0690. The van der Waals surface area contributed by atoms with E-state index in [1.54, 1.807) is 23.2 Å². The van der Waals surface area contributed by atoms with Crippen molar-refractivity contribution in [2.45, 2.75) is 13.5 Å². The highest BCUT2D eigenvalue weighted by Gasteiger charge is 2.24. The summed E-state index contributed by atoms with van der Waals surface area (Å²) in [4.78, 5) is 15.8. The molecule has 3 nitrogen and oxygen atoms in total. The first-order chi connectivity index (χ1) is 16.6. The molecule has 5 heteroatoms. The maximum atomic E-state index is 13.0. The number of fused-ring (bicyclic) bond motifs is 1. The molecule has 0 spiro atoms. The Bertz CT molecular complexity index is 1430. The molecule has 0 fully saturated rings. The van der Waals surface area contributed by atoms with E-state index in [0.717, 1.165) is 43.2 Å². The molecule has 1 heterocycles. The number of hydrogen-bond donors (Lipinski definition) is 0. The summed E-state index contributed by atoms with van der Waals surface area (Å²) >= 11 is 7.80. The number of nitrogens with zero attached hydrogens (tertiary/aromatic N) is 1. The zero-order valence-electron chi connectivity index (χ0n) is 18.6. The van der Waals surface area contributed by atoms with Crippen LogP contribution in [-0.2, 0) is 11.4 Å². The Balaban J connectivity index is 1.53. The maximum Gasteiger partial charge on any atom is 0.228 e. The molecule has 5 aromatic rings. The zero-order chi connectivity index (χ0) is 23.5. The van der Waals surface area contributed by atoms with Crippen LogP contribution in [0.15, 0.2) is 103 Å². The number of anilines is 2. The highest BCUT2D eigenvalue weighted by molar-refractivity contribution is 7.23. The van der Waals surface area contributed by atoms with Crippen LogP contribution in [0.2, 0.25) is 5.02 Å². The monoisotopic (exact) mass is 483 g/mol. The van der Waals surface area contributed by atoms with Gasteiger partial charge in [-0.25, -0.2) is 0 Å². The third-order valence-electron chi connectivity index (χ3n) is 5.56. The van der Waals surface area contributed by atoms with Crippen LogP contribution in [0.5, 0.6) is 5.75 Å².